The Morgan fingerprint density at radius 1 is 1.54 bits per heavy atom. The lowest BCUT2D eigenvalue weighted by Crippen LogP contribution is -2.33. The van der Waals surface area contributed by atoms with Crippen molar-refractivity contribution in [1.82, 2.24) is 10.3 Å². The first-order valence-electron chi connectivity index (χ1n) is 4.62. The Morgan fingerprint density at radius 2 is 2.46 bits per heavy atom. The van der Waals surface area contributed by atoms with Crippen LogP contribution >= 0.6 is 0 Å². The van der Waals surface area contributed by atoms with E-state index in [9.17, 15) is 0 Å². The molecule has 0 unspecified atom stereocenters. The van der Waals surface area contributed by atoms with Crippen molar-refractivity contribution in [2.45, 2.75) is 13.0 Å². The van der Waals surface area contributed by atoms with E-state index in [0.29, 0.717) is 0 Å². The highest BCUT2D eigenvalue weighted by atomic mass is 16.5. The molecule has 1 aliphatic heterocycles. The van der Waals surface area contributed by atoms with Gasteiger partial charge in [0, 0.05) is 18.8 Å². The van der Waals surface area contributed by atoms with E-state index >= 15 is 0 Å². The van der Waals surface area contributed by atoms with Crippen LogP contribution < -0.4 is 5.32 Å². The lowest BCUT2D eigenvalue weighted by Gasteiger charge is -2.23. The number of rotatable bonds is 1. The minimum atomic E-state index is 0.133. The van der Waals surface area contributed by atoms with Gasteiger partial charge in [-0.15, -0.1) is 0 Å². The Bertz CT molecular complexity index is 282. The number of nitrogens with one attached hydrogen (secondary N) is 1. The summed E-state index contributed by atoms with van der Waals surface area (Å²) in [4.78, 5) is 4.43. The Kier molecular flexibility index (Phi) is 2.57. The zero-order valence-corrected chi connectivity index (χ0v) is 7.79. The quantitative estimate of drug-likeness (QED) is 0.698. The Hall–Kier alpha value is -0.930. The van der Waals surface area contributed by atoms with Crippen molar-refractivity contribution in [3.8, 4) is 0 Å². The molecule has 0 aliphatic carbocycles. The van der Waals surface area contributed by atoms with Gasteiger partial charge in [0.15, 0.2) is 0 Å². The lowest BCUT2D eigenvalue weighted by molar-refractivity contribution is 0.0249. The van der Waals surface area contributed by atoms with Crippen LogP contribution in [0.5, 0.6) is 0 Å². The SMILES string of the molecule is Cc1cccc([C@@H]2CNCCO2)n1. The highest BCUT2D eigenvalue weighted by Gasteiger charge is 2.16. The van der Waals surface area contributed by atoms with Crippen LogP contribution in [0.1, 0.15) is 17.5 Å². The van der Waals surface area contributed by atoms with Crippen LogP contribution in [0.15, 0.2) is 18.2 Å². The fourth-order valence-electron chi connectivity index (χ4n) is 1.50. The van der Waals surface area contributed by atoms with Crippen LogP contribution in [0.3, 0.4) is 0 Å². The molecule has 0 aromatic carbocycles. The molecule has 0 amide bonds. The topological polar surface area (TPSA) is 34.1 Å². The lowest BCUT2D eigenvalue weighted by atomic mass is 10.2. The normalized spacial score (nSPS) is 23.0. The summed E-state index contributed by atoms with van der Waals surface area (Å²) >= 11 is 0. The van der Waals surface area contributed by atoms with E-state index in [1.807, 2.05) is 25.1 Å². The van der Waals surface area contributed by atoms with Crippen molar-refractivity contribution in [1.29, 1.82) is 0 Å². The molecule has 0 saturated carbocycles. The summed E-state index contributed by atoms with van der Waals surface area (Å²) in [6.45, 7) is 4.60. The second-order valence-corrected chi connectivity index (χ2v) is 3.27. The van der Waals surface area contributed by atoms with Gasteiger partial charge in [-0.1, -0.05) is 6.07 Å². The van der Waals surface area contributed by atoms with Gasteiger partial charge in [-0.2, -0.15) is 0 Å². The zero-order valence-electron chi connectivity index (χ0n) is 7.79. The maximum Gasteiger partial charge on any atom is 0.112 e. The van der Waals surface area contributed by atoms with Crippen LogP contribution in [-0.4, -0.2) is 24.7 Å². The van der Waals surface area contributed by atoms with E-state index in [1.54, 1.807) is 0 Å². The van der Waals surface area contributed by atoms with Crippen LogP contribution in [0.2, 0.25) is 0 Å². The molecule has 2 rings (SSSR count). The number of nitrogens with zero attached hydrogens (tertiary/aromatic N) is 1. The maximum absolute atomic E-state index is 5.59. The Balaban J connectivity index is 2.14. The van der Waals surface area contributed by atoms with Crippen LogP contribution in [-0.2, 0) is 4.74 Å². The summed E-state index contributed by atoms with van der Waals surface area (Å²) in [7, 11) is 0. The van der Waals surface area contributed by atoms with Gasteiger partial charge in [-0.25, -0.2) is 0 Å². The van der Waals surface area contributed by atoms with Crippen molar-refractivity contribution < 1.29 is 4.74 Å². The molecule has 1 fully saturated rings. The van der Waals surface area contributed by atoms with E-state index in [2.05, 4.69) is 10.3 Å². The third-order valence-electron chi connectivity index (χ3n) is 2.17. The van der Waals surface area contributed by atoms with Crippen molar-refractivity contribution in [3.63, 3.8) is 0 Å². The summed E-state index contributed by atoms with van der Waals surface area (Å²) in [5, 5.41) is 3.29. The van der Waals surface area contributed by atoms with Crippen LogP contribution in [0.25, 0.3) is 0 Å². The van der Waals surface area contributed by atoms with E-state index in [4.69, 9.17) is 4.74 Å². The number of hydrogen-bond donors (Lipinski definition) is 1. The molecule has 1 saturated heterocycles. The summed E-state index contributed by atoms with van der Waals surface area (Å²) in [6.07, 6.45) is 0.133. The van der Waals surface area contributed by atoms with Gasteiger partial charge in [-0.3, -0.25) is 4.98 Å². The zero-order chi connectivity index (χ0) is 9.10. The van der Waals surface area contributed by atoms with Gasteiger partial charge in [0.25, 0.3) is 0 Å². The number of ether oxygens (including phenoxy) is 1. The molecule has 3 heteroatoms. The molecule has 0 radical (unpaired) electrons. The van der Waals surface area contributed by atoms with Gasteiger partial charge in [0.1, 0.15) is 6.10 Å². The molecule has 1 aromatic heterocycles. The number of aryl methyl sites for hydroxylation is 1. The molecule has 3 nitrogen and oxygen atoms in total. The van der Waals surface area contributed by atoms with Gasteiger partial charge < -0.3 is 10.1 Å². The molecule has 1 aliphatic rings. The van der Waals surface area contributed by atoms with E-state index < -0.39 is 0 Å². The summed E-state index contributed by atoms with van der Waals surface area (Å²) in [5.74, 6) is 0. The van der Waals surface area contributed by atoms with Crippen molar-refractivity contribution in [2.24, 2.45) is 0 Å². The molecule has 1 atom stereocenters. The van der Waals surface area contributed by atoms with Gasteiger partial charge in [0.2, 0.25) is 0 Å². The molecule has 13 heavy (non-hydrogen) atoms. The van der Waals surface area contributed by atoms with Crippen LogP contribution in [0, 0.1) is 6.92 Å². The van der Waals surface area contributed by atoms with Gasteiger partial charge in [0.05, 0.1) is 12.3 Å². The number of morpholine rings is 1. The predicted octanol–water partition coefficient (Wildman–Crippen LogP) is 1.05. The summed E-state index contributed by atoms with van der Waals surface area (Å²) in [5.41, 5.74) is 2.08. The van der Waals surface area contributed by atoms with E-state index in [-0.39, 0.29) is 6.10 Å². The van der Waals surface area contributed by atoms with Crippen molar-refractivity contribution in [2.75, 3.05) is 19.7 Å². The van der Waals surface area contributed by atoms with Crippen molar-refractivity contribution >= 4 is 0 Å². The molecule has 2 heterocycles. The molecular formula is C10H14N2O. The Labute approximate surface area is 78.1 Å². The molecule has 0 bridgehead atoms. The van der Waals surface area contributed by atoms with Crippen molar-refractivity contribution in [3.05, 3.63) is 29.6 Å². The van der Waals surface area contributed by atoms with E-state index in [1.165, 1.54) is 0 Å². The maximum atomic E-state index is 5.59. The third kappa shape index (κ3) is 2.05. The molecular weight excluding hydrogens is 164 g/mol. The minimum Gasteiger partial charge on any atom is -0.369 e. The summed E-state index contributed by atoms with van der Waals surface area (Å²) < 4.78 is 5.59. The van der Waals surface area contributed by atoms with Gasteiger partial charge in [-0.05, 0) is 19.1 Å². The number of pyridine rings is 1. The first-order chi connectivity index (χ1) is 6.36. The monoisotopic (exact) mass is 178 g/mol. The predicted molar refractivity (Wildman–Crippen MR) is 50.5 cm³/mol. The second-order valence-electron chi connectivity index (χ2n) is 3.27. The molecule has 1 N–H and O–H groups in total. The number of aromatic nitrogens is 1. The first kappa shape index (κ1) is 8.66. The second kappa shape index (κ2) is 3.85. The fraction of sp³-hybridized carbons (Fsp3) is 0.500. The fourth-order valence-corrected chi connectivity index (χ4v) is 1.50. The van der Waals surface area contributed by atoms with Gasteiger partial charge >= 0.3 is 0 Å². The standard InChI is InChI=1S/C10H14N2O/c1-8-3-2-4-9(12-8)10-7-11-5-6-13-10/h2-4,10-11H,5-7H2,1H3/t10-/m0/s1. The highest BCUT2D eigenvalue weighted by molar-refractivity contribution is 5.12. The molecule has 0 spiro atoms. The average Bonchev–Trinajstić information content (AvgIpc) is 2.19. The molecule has 1 aromatic rings. The summed E-state index contributed by atoms with van der Waals surface area (Å²) in [6, 6.07) is 6.04. The van der Waals surface area contributed by atoms with Crippen LogP contribution in [0.4, 0.5) is 0 Å². The molecule has 70 valence electrons. The highest BCUT2D eigenvalue weighted by Crippen LogP contribution is 2.16. The minimum absolute atomic E-state index is 0.133. The average molecular weight is 178 g/mol. The Morgan fingerprint density at radius 3 is 3.15 bits per heavy atom. The smallest absolute Gasteiger partial charge is 0.112 e. The first-order valence-corrected chi connectivity index (χ1v) is 4.62. The third-order valence-corrected chi connectivity index (χ3v) is 2.17. The number of hydrogen-bond acceptors (Lipinski definition) is 3. The van der Waals surface area contributed by atoms with E-state index in [0.717, 1.165) is 31.1 Å². The largest absolute Gasteiger partial charge is 0.369 e.